The van der Waals surface area contributed by atoms with Crippen molar-refractivity contribution in [3.05, 3.63) is 65.7 Å². The standard InChI is InChI=1S/C19H25NO/c1-3-20-18(15-17-9-7-8-16(2)14-17)12-13-21-19-10-5-4-6-11-19/h4-11,14,18,20H,3,12-13,15H2,1-2H3. The van der Waals surface area contributed by atoms with E-state index in [1.807, 2.05) is 30.3 Å². The third kappa shape index (κ3) is 5.60. The molecule has 0 spiro atoms. The Morgan fingerprint density at radius 2 is 1.86 bits per heavy atom. The normalized spacial score (nSPS) is 12.1. The summed E-state index contributed by atoms with van der Waals surface area (Å²) in [6.07, 6.45) is 2.06. The van der Waals surface area contributed by atoms with E-state index >= 15 is 0 Å². The topological polar surface area (TPSA) is 21.3 Å². The van der Waals surface area contributed by atoms with Gasteiger partial charge in [0.25, 0.3) is 0 Å². The first-order chi connectivity index (χ1) is 10.3. The molecule has 0 amide bonds. The van der Waals surface area contributed by atoms with E-state index in [-0.39, 0.29) is 0 Å². The van der Waals surface area contributed by atoms with Gasteiger partial charge in [0, 0.05) is 6.04 Å². The molecule has 0 aliphatic rings. The molecule has 2 nitrogen and oxygen atoms in total. The summed E-state index contributed by atoms with van der Waals surface area (Å²) >= 11 is 0. The molecule has 0 aromatic heterocycles. The Labute approximate surface area is 128 Å². The van der Waals surface area contributed by atoms with Crippen molar-refractivity contribution in [2.75, 3.05) is 13.2 Å². The summed E-state index contributed by atoms with van der Waals surface area (Å²) in [5.41, 5.74) is 2.71. The fourth-order valence-corrected chi connectivity index (χ4v) is 2.52. The number of rotatable bonds is 8. The average molecular weight is 283 g/mol. The van der Waals surface area contributed by atoms with Crippen molar-refractivity contribution in [3.8, 4) is 5.75 Å². The quantitative estimate of drug-likeness (QED) is 0.791. The molecular formula is C19H25NO. The van der Waals surface area contributed by atoms with Crippen LogP contribution in [0.1, 0.15) is 24.5 Å². The molecule has 1 unspecified atom stereocenters. The highest BCUT2D eigenvalue weighted by Gasteiger charge is 2.09. The van der Waals surface area contributed by atoms with Gasteiger partial charge in [0.1, 0.15) is 5.75 Å². The van der Waals surface area contributed by atoms with Crippen molar-refractivity contribution in [1.82, 2.24) is 5.32 Å². The van der Waals surface area contributed by atoms with Crippen LogP contribution >= 0.6 is 0 Å². The van der Waals surface area contributed by atoms with Crippen LogP contribution in [0.15, 0.2) is 54.6 Å². The first-order valence-electron chi connectivity index (χ1n) is 7.74. The zero-order valence-corrected chi connectivity index (χ0v) is 13.0. The number of para-hydroxylation sites is 1. The van der Waals surface area contributed by atoms with E-state index < -0.39 is 0 Å². The lowest BCUT2D eigenvalue weighted by atomic mass is 10.0. The Morgan fingerprint density at radius 3 is 2.57 bits per heavy atom. The SMILES string of the molecule is CCNC(CCOc1ccccc1)Cc1cccc(C)c1. The van der Waals surface area contributed by atoms with Crippen molar-refractivity contribution in [2.45, 2.75) is 32.7 Å². The summed E-state index contributed by atoms with van der Waals surface area (Å²) in [6.45, 7) is 6.03. The molecule has 0 heterocycles. The van der Waals surface area contributed by atoms with Gasteiger partial charge in [-0.2, -0.15) is 0 Å². The second-order valence-electron chi connectivity index (χ2n) is 5.40. The second-order valence-corrected chi connectivity index (χ2v) is 5.40. The van der Waals surface area contributed by atoms with Gasteiger partial charge in [-0.3, -0.25) is 0 Å². The molecule has 0 aliphatic carbocycles. The van der Waals surface area contributed by atoms with Crippen LogP contribution in [0.2, 0.25) is 0 Å². The molecule has 0 aliphatic heterocycles. The van der Waals surface area contributed by atoms with Crippen LogP contribution < -0.4 is 10.1 Å². The number of likely N-dealkylation sites (N-methyl/N-ethyl adjacent to an activating group) is 1. The third-order valence-corrected chi connectivity index (χ3v) is 3.54. The highest BCUT2D eigenvalue weighted by atomic mass is 16.5. The Bertz CT molecular complexity index is 524. The monoisotopic (exact) mass is 283 g/mol. The lowest BCUT2D eigenvalue weighted by molar-refractivity contribution is 0.285. The van der Waals surface area contributed by atoms with Gasteiger partial charge < -0.3 is 10.1 Å². The maximum atomic E-state index is 5.80. The summed E-state index contributed by atoms with van der Waals surface area (Å²) < 4.78 is 5.80. The fourth-order valence-electron chi connectivity index (χ4n) is 2.52. The Hall–Kier alpha value is -1.80. The first-order valence-corrected chi connectivity index (χ1v) is 7.74. The van der Waals surface area contributed by atoms with E-state index in [2.05, 4.69) is 43.4 Å². The number of hydrogen-bond donors (Lipinski definition) is 1. The largest absolute Gasteiger partial charge is 0.494 e. The van der Waals surface area contributed by atoms with Crippen LogP contribution in [0.25, 0.3) is 0 Å². The molecule has 1 atom stereocenters. The summed E-state index contributed by atoms with van der Waals surface area (Å²) in [7, 11) is 0. The summed E-state index contributed by atoms with van der Waals surface area (Å²) in [4.78, 5) is 0. The van der Waals surface area contributed by atoms with Crippen molar-refractivity contribution < 1.29 is 4.74 Å². The molecule has 0 saturated heterocycles. The molecule has 2 aromatic rings. The highest BCUT2D eigenvalue weighted by molar-refractivity contribution is 5.23. The molecule has 2 aromatic carbocycles. The van der Waals surface area contributed by atoms with Gasteiger partial charge in [-0.15, -0.1) is 0 Å². The zero-order chi connectivity index (χ0) is 14.9. The number of benzene rings is 2. The minimum absolute atomic E-state index is 0.459. The number of aryl methyl sites for hydroxylation is 1. The van der Waals surface area contributed by atoms with Crippen LogP contribution in [-0.4, -0.2) is 19.2 Å². The first kappa shape index (κ1) is 15.6. The molecule has 21 heavy (non-hydrogen) atoms. The van der Waals surface area contributed by atoms with Crippen molar-refractivity contribution >= 4 is 0 Å². The van der Waals surface area contributed by atoms with E-state index in [0.29, 0.717) is 6.04 Å². The lowest BCUT2D eigenvalue weighted by Gasteiger charge is -2.18. The van der Waals surface area contributed by atoms with Crippen LogP contribution in [0, 0.1) is 6.92 Å². The minimum atomic E-state index is 0.459. The minimum Gasteiger partial charge on any atom is -0.494 e. The van der Waals surface area contributed by atoms with Gasteiger partial charge in [-0.05, 0) is 44.0 Å². The van der Waals surface area contributed by atoms with Gasteiger partial charge in [0.05, 0.1) is 6.61 Å². The van der Waals surface area contributed by atoms with E-state index in [1.54, 1.807) is 0 Å². The molecule has 0 fully saturated rings. The van der Waals surface area contributed by atoms with E-state index in [0.717, 1.165) is 31.7 Å². The number of hydrogen-bond acceptors (Lipinski definition) is 2. The van der Waals surface area contributed by atoms with Gasteiger partial charge in [0.15, 0.2) is 0 Å². The predicted molar refractivity (Wildman–Crippen MR) is 88.9 cm³/mol. The molecule has 0 saturated carbocycles. The molecule has 2 rings (SSSR count). The average Bonchev–Trinajstić information content (AvgIpc) is 2.48. The van der Waals surface area contributed by atoms with Gasteiger partial charge in [-0.1, -0.05) is 55.0 Å². The Kier molecular flexibility index (Phi) is 6.29. The van der Waals surface area contributed by atoms with Crippen LogP contribution in [0.4, 0.5) is 0 Å². The smallest absolute Gasteiger partial charge is 0.119 e. The van der Waals surface area contributed by atoms with Gasteiger partial charge >= 0.3 is 0 Å². The highest BCUT2D eigenvalue weighted by Crippen LogP contribution is 2.11. The van der Waals surface area contributed by atoms with Crippen molar-refractivity contribution in [1.29, 1.82) is 0 Å². The van der Waals surface area contributed by atoms with E-state index in [9.17, 15) is 0 Å². The molecule has 0 radical (unpaired) electrons. The third-order valence-electron chi connectivity index (χ3n) is 3.54. The summed E-state index contributed by atoms with van der Waals surface area (Å²) in [5, 5.41) is 3.56. The summed E-state index contributed by atoms with van der Waals surface area (Å²) in [5.74, 6) is 0.948. The molecule has 2 heteroatoms. The molecule has 1 N–H and O–H groups in total. The molecule has 112 valence electrons. The molecule has 0 bridgehead atoms. The number of nitrogens with one attached hydrogen (secondary N) is 1. The lowest BCUT2D eigenvalue weighted by Crippen LogP contribution is -2.32. The predicted octanol–water partition coefficient (Wildman–Crippen LogP) is 3.98. The Morgan fingerprint density at radius 1 is 1.05 bits per heavy atom. The second kappa shape index (κ2) is 8.48. The maximum Gasteiger partial charge on any atom is 0.119 e. The van der Waals surface area contributed by atoms with Gasteiger partial charge in [0.2, 0.25) is 0 Å². The van der Waals surface area contributed by atoms with E-state index in [4.69, 9.17) is 4.74 Å². The number of ether oxygens (including phenoxy) is 1. The fraction of sp³-hybridized carbons (Fsp3) is 0.368. The van der Waals surface area contributed by atoms with Crippen LogP contribution in [-0.2, 0) is 6.42 Å². The summed E-state index contributed by atoms with van der Waals surface area (Å²) in [6, 6.07) is 19.2. The van der Waals surface area contributed by atoms with Gasteiger partial charge in [-0.25, -0.2) is 0 Å². The van der Waals surface area contributed by atoms with Crippen LogP contribution in [0.5, 0.6) is 5.75 Å². The molecular weight excluding hydrogens is 258 g/mol. The van der Waals surface area contributed by atoms with Crippen LogP contribution in [0.3, 0.4) is 0 Å². The van der Waals surface area contributed by atoms with E-state index in [1.165, 1.54) is 11.1 Å². The van der Waals surface area contributed by atoms with Crippen molar-refractivity contribution in [2.24, 2.45) is 0 Å². The maximum absolute atomic E-state index is 5.80. The zero-order valence-electron chi connectivity index (χ0n) is 13.0. The Balaban J connectivity index is 1.84. The van der Waals surface area contributed by atoms with Crippen molar-refractivity contribution in [3.63, 3.8) is 0 Å².